The van der Waals surface area contributed by atoms with E-state index in [4.69, 9.17) is 39.5 Å². The summed E-state index contributed by atoms with van der Waals surface area (Å²) >= 11 is 18.3. The molecule has 2 aromatic rings. The molecule has 0 saturated carbocycles. The van der Waals surface area contributed by atoms with Gasteiger partial charge in [-0.1, -0.05) is 41.7 Å². The second-order valence-corrected chi connectivity index (χ2v) is 6.87. The molecule has 0 aliphatic rings. The molecule has 1 heterocycles. The number of rotatable bonds is 7. The average molecular weight is 427 g/mol. The third-order valence-electron chi connectivity index (χ3n) is 3.71. The Bertz CT molecular complexity index is 763. The maximum absolute atomic E-state index is 13.0. The van der Waals surface area contributed by atoms with Crippen LogP contribution in [0.25, 0.3) is 0 Å². The number of aromatic nitrogens is 2. The quantitative estimate of drug-likeness (QED) is 0.622. The Labute approximate surface area is 164 Å². The summed E-state index contributed by atoms with van der Waals surface area (Å²) < 4.78 is 31.1. The molecule has 26 heavy (non-hydrogen) atoms. The number of amides is 1. The average Bonchev–Trinajstić information content (AvgIpc) is 3.02. The van der Waals surface area contributed by atoms with Crippen LogP contribution < -0.4 is 0 Å². The monoisotopic (exact) mass is 425 g/mol. The summed E-state index contributed by atoms with van der Waals surface area (Å²) in [7, 11) is 1.40. The van der Waals surface area contributed by atoms with Crippen LogP contribution in [0.2, 0.25) is 15.1 Å². The van der Waals surface area contributed by atoms with Crippen LogP contribution in [0, 0.1) is 0 Å². The first-order chi connectivity index (χ1) is 12.3. The molecule has 1 amide bonds. The van der Waals surface area contributed by atoms with Gasteiger partial charge >= 0.3 is 0 Å². The van der Waals surface area contributed by atoms with Gasteiger partial charge in [-0.2, -0.15) is 5.10 Å². The highest BCUT2D eigenvalue weighted by molar-refractivity contribution is 6.39. The molecular weight excluding hydrogens is 411 g/mol. The van der Waals surface area contributed by atoms with E-state index in [1.807, 2.05) is 0 Å². The number of alkyl halides is 2. The molecule has 1 unspecified atom stereocenters. The van der Waals surface area contributed by atoms with Crippen molar-refractivity contribution in [2.75, 3.05) is 20.4 Å². The highest BCUT2D eigenvalue weighted by atomic mass is 35.5. The van der Waals surface area contributed by atoms with E-state index in [0.29, 0.717) is 20.6 Å². The Morgan fingerprint density at radius 3 is 2.46 bits per heavy atom. The number of carbonyl (C=O) groups is 1. The van der Waals surface area contributed by atoms with E-state index in [0.717, 1.165) is 6.20 Å². The number of hydrogen-bond acceptors (Lipinski definition) is 3. The highest BCUT2D eigenvalue weighted by Crippen LogP contribution is 2.35. The van der Waals surface area contributed by atoms with E-state index in [2.05, 4.69) is 10.2 Å². The number of halogens is 5. The molecule has 142 valence electrons. The number of carbonyl (C=O) groups excluding carboxylic acids is 1. The van der Waals surface area contributed by atoms with Gasteiger partial charge in [0.15, 0.2) is 0 Å². The molecule has 0 saturated heterocycles. The number of methoxy groups -OCH3 is 1. The van der Waals surface area contributed by atoms with E-state index in [9.17, 15) is 13.6 Å². The lowest BCUT2D eigenvalue weighted by Gasteiger charge is -2.26. The number of benzene rings is 1. The van der Waals surface area contributed by atoms with Gasteiger partial charge in [-0.05, 0) is 17.7 Å². The molecule has 5 nitrogen and oxygen atoms in total. The summed E-state index contributed by atoms with van der Waals surface area (Å²) in [6.45, 7) is 1.85. The number of H-pyrrole nitrogens is 1. The molecule has 0 fully saturated rings. The van der Waals surface area contributed by atoms with Gasteiger partial charge in [-0.25, -0.2) is 8.78 Å². The van der Waals surface area contributed by atoms with Crippen LogP contribution in [0.3, 0.4) is 0 Å². The summed E-state index contributed by atoms with van der Waals surface area (Å²) in [6, 6.07) is 3.10. The lowest BCUT2D eigenvalue weighted by Crippen LogP contribution is -2.36. The van der Waals surface area contributed by atoms with E-state index < -0.39 is 18.0 Å². The second kappa shape index (κ2) is 8.99. The fraction of sp³-hybridized carbons (Fsp3) is 0.375. The number of aromatic amines is 1. The van der Waals surface area contributed by atoms with Crippen molar-refractivity contribution in [3.63, 3.8) is 0 Å². The van der Waals surface area contributed by atoms with E-state index in [1.54, 1.807) is 19.1 Å². The van der Waals surface area contributed by atoms with Gasteiger partial charge in [0.25, 0.3) is 12.3 Å². The van der Waals surface area contributed by atoms with Gasteiger partial charge in [-0.15, -0.1) is 0 Å². The lowest BCUT2D eigenvalue weighted by atomic mass is 10.00. The summed E-state index contributed by atoms with van der Waals surface area (Å²) in [5.74, 6) is -0.933. The van der Waals surface area contributed by atoms with Crippen molar-refractivity contribution in [3.8, 4) is 0 Å². The summed E-state index contributed by atoms with van der Waals surface area (Å²) in [5.41, 5.74) is -0.211. The second-order valence-electron chi connectivity index (χ2n) is 5.61. The van der Waals surface area contributed by atoms with Crippen molar-refractivity contribution in [3.05, 3.63) is 50.2 Å². The molecule has 1 aromatic carbocycles. The van der Waals surface area contributed by atoms with Crippen LogP contribution in [0.1, 0.15) is 40.9 Å². The first-order valence-electron chi connectivity index (χ1n) is 7.50. The van der Waals surface area contributed by atoms with Gasteiger partial charge in [0.1, 0.15) is 12.4 Å². The highest BCUT2D eigenvalue weighted by Gasteiger charge is 2.27. The van der Waals surface area contributed by atoms with Crippen molar-refractivity contribution in [2.24, 2.45) is 0 Å². The van der Waals surface area contributed by atoms with Crippen LogP contribution in [0.5, 0.6) is 0 Å². The SMILES string of the molecule is COCN(CC(C)c1c(Cl)cc(Cl)cc1Cl)C(=O)c1c[nH]nc1C(F)F. The molecule has 1 aromatic heterocycles. The summed E-state index contributed by atoms with van der Waals surface area (Å²) in [4.78, 5) is 14.0. The lowest BCUT2D eigenvalue weighted by molar-refractivity contribution is 0.0394. The van der Waals surface area contributed by atoms with E-state index in [-0.39, 0.29) is 24.8 Å². The number of nitrogens with one attached hydrogen (secondary N) is 1. The maximum Gasteiger partial charge on any atom is 0.282 e. The van der Waals surface area contributed by atoms with E-state index in [1.165, 1.54) is 12.0 Å². The minimum absolute atomic E-state index is 0.0974. The number of ether oxygens (including phenoxy) is 1. The minimum atomic E-state index is -2.87. The van der Waals surface area contributed by atoms with Crippen molar-refractivity contribution in [1.82, 2.24) is 15.1 Å². The fourth-order valence-corrected chi connectivity index (χ4v) is 3.79. The Morgan fingerprint density at radius 2 is 1.92 bits per heavy atom. The topological polar surface area (TPSA) is 58.2 Å². The van der Waals surface area contributed by atoms with Crippen LogP contribution in [-0.2, 0) is 4.74 Å². The standard InChI is InChI=1S/C16H16Cl3F2N3O2/c1-8(13-11(18)3-9(17)4-12(13)19)6-24(7-26-2)16(25)10-5-22-23-14(10)15(20)21/h3-5,8,15H,6-7H2,1-2H3,(H,22,23). The van der Waals surface area contributed by atoms with Gasteiger partial charge in [0.2, 0.25) is 0 Å². The molecule has 0 aliphatic heterocycles. The largest absolute Gasteiger partial charge is 0.364 e. The first-order valence-corrected chi connectivity index (χ1v) is 8.64. The molecule has 0 radical (unpaired) electrons. The number of hydrogen-bond donors (Lipinski definition) is 1. The van der Waals surface area contributed by atoms with Crippen LogP contribution in [0.4, 0.5) is 8.78 Å². The zero-order valence-electron chi connectivity index (χ0n) is 13.9. The molecule has 2 rings (SSSR count). The maximum atomic E-state index is 13.0. The molecule has 0 aliphatic carbocycles. The van der Waals surface area contributed by atoms with Gasteiger partial charge in [0, 0.05) is 40.8 Å². The van der Waals surface area contributed by atoms with Crippen LogP contribution in [0.15, 0.2) is 18.3 Å². The summed E-state index contributed by atoms with van der Waals surface area (Å²) in [5, 5.41) is 6.83. The first kappa shape index (κ1) is 20.9. The van der Waals surface area contributed by atoms with E-state index >= 15 is 0 Å². The molecule has 1 atom stereocenters. The number of nitrogens with zero attached hydrogens (tertiary/aromatic N) is 2. The third-order valence-corrected chi connectivity index (χ3v) is 4.55. The Hall–Kier alpha value is -1.41. The molecule has 0 spiro atoms. The molecule has 0 bridgehead atoms. The predicted molar refractivity (Wildman–Crippen MR) is 96.3 cm³/mol. The van der Waals surface area contributed by atoms with Crippen LogP contribution >= 0.6 is 34.8 Å². The molecule has 10 heteroatoms. The van der Waals surface area contributed by atoms with Gasteiger partial charge in [0.05, 0.1) is 5.56 Å². The van der Waals surface area contributed by atoms with Crippen molar-refractivity contribution in [2.45, 2.75) is 19.3 Å². The molecular formula is C16H16Cl3F2N3O2. The summed E-state index contributed by atoms with van der Waals surface area (Å²) in [6.07, 6.45) is -1.73. The molecule has 1 N–H and O–H groups in total. The Morgan fingerprint density at radius 1 is 1.31 bits per heavy atom. The van der Waals surface area contributed by atoms with Gasteiger partial charge in [-0.3, -0.25) is 9.89 Å². The fourth-order valence-electron chi connectivity index (χ4n) is 2.60. The van der Waals surface area contributed by atoms with Crippen molar-refractivity contribution < 1.29 is 18.3 Å². The van der Waals surface area contributed by atoms with Gasteiger partial charge < -0.3 is 9.64 Å². The Balaban J connectivity index is 2.28. The minimum Gasteiger partial charge on any atom is -0.364 e. The zero-order valence-corrected chi connectivity index (χ0v) is 16.2. The Kier molecular flexibility index (Phi) is 7.23. The zero-order chi connectivity index (χ0) is 19.4. The third kappa shape index (κ3) is 4.65. The van der Waals surface area contributed by atoms with Crippen molar-refractivity contribution in [1.29, 1.82) is 0 Å². The van der Waals surface area contributed by atoms with Crippen molar-refractivity contribution >= 4 is 40.7 Å². The normalized spacial score (nSPS) is 12.5. The van der Waals surface area contributed by atoms with Crippen LogP contribution in [-0.4, -0.2) is 41.4 Å². The smallest absolute Gasteiger partial charge is 0.282 e. The predicted octanol–water partition coefficient (Wildman–Crippen LogP) is 5.16.